The van der Waals surface area contributed by atoms with Crippen LogP contribution in [0.25, 0.3) is 0 Å². The molecule has 0 fully saturated rings. The van der Waals surface area contributed by atoms with Crippen molar-refractivity contribution >= 4 is 0 Å². The second kappa shape index (κ2) is 9.39. The molecule has 1 unspecified atom stereocenters. The predicted octanol–water partition coefficient (Wildman–Crippen LogP) is 3.12. The van der Waals surface area contributed by atoms with E-state index in [4.69, 9.17) is 5.73 Å². The molecule has 0 saturated carbocycles. The van der Waals surface area contributed by atoms with Gasteiger partial charge in [0, 0.05) is 19.6 Å². The van der Waals surface area contributed by atoms with Crippen molar-refractivity contribution in [3.8, 4) is 0 Å². The van der Waals surface area contributed by atoms with Gasteiger partial charge in [0.15, 0.2) is 5.82 Å². The third-order valence-corrected chi connectivity index (χ3v) is 4.65. The first-order chi connectivity index (χ1) is 13.2. The smallest absolute Gasteiger partial charge is 0.172 e. The first-order valence-corrected chi connectivity index (χ1v) is 9.55. The molecule has 6 heteroatoms. The normalized spacial score (nSPS) is 12.3. The highest BCUT2D eigenvalue weighted by molar-refractivity contribution is 5.30. The first kappa shape index (κ1) is 19.2. The minimum Gasteiger partial charge on any atom is -0.326 e. The van der Waals surface area contributed by atoms with Gasteiger partial charge in [-0.15, -0.1) is 5.10 Å². The molecule has 3 aromatic rings. The minimum absolute atomic E-state index is 0.0710. The number of aryl methyl sites for hydroxylation is 2. The van der Waals surface area contributed by atoms with Crippen molar-refractivity contribution in [2.24, 2.45) is 5.73 Å². The Morgan fingerprint density at radius 2 is 1.93 bits per heavy atom. The number of rotatable bonds is 9. The van der Waals surface area contributed by atoms with E-state index in [0.29, 0.717) is 13.1 Å². The molecule has 0 saturated heterocycles. The summed E-state index contributed by atoms with van der Waals surface area (Å²) in [5.74, 6) is 0.851. The third kappa shape index (κ3) is 4.99. The Balaban J connectivity index is 1.87. The molecule has 0 aliphatic heterocycles. The van der Waals surface area contributed by atoms with Crippen LogP contribution in [0.3, 0.4) is 0 Å². The SMILES string of the molecule is CCCCn1nnnc1C(NCc1cccc(CN)c1)c1cccc(C)c1. The van der Waals surface area contributed by atoms with Gasteiger partial charge in [-0.25, -0.2) is 4.68 Å². The van der Waals surface area contributed by atoms with Gasteiger partial charge >= 0.3 is 0 Å². The van der Waals surface area contributed by atoms with E-state index in [1.54, 1.807) is 0 Å². The molecule has 0 aliphatic rings. The van der Waals surface area contributed by atoms with E-state index in [0.717, 1.165) is 36.3 Å². The summed E-state index contributed by atoms with van der Waals surface area (Å²) in [7, 11) is 0. The topological polar surface area (TPSA) is 81.7 Å². The van der Waals surface area contributed by atoms with Gasteiger partial charge in [-0.2, -0.15) is 0 Å². The van der Waals surface area contributed by atoms with E-state index in [9.17, 15) is 0 Å². The summed E-state index contributed by atoms with van der Waals surface area (Å²) in [6, 6.07) is 16.8. The van der Waals surface area contributed by atoms with Gasteiger partial charge in [0.1, 0.15) is 0 Å². The van der Waals surface area contributed by atoms with Crippen LogP contribution in [0, 0.1) is 6.92 Å². The average molecular weight is 364 g/mol. The summed E-state index contributed by atoms with van der Waals surface area (Å²) in [5, 5.41) is 16.1. The molecule has 2 aromatic carbocycles. The summed E-state index contributed by atoms with van der Waals surface area (Å²) in [6.07, 6.45) is 2.16. The lowest BCUT2D eigenvalue weighted by Gasteiger charge is -2.19. The van der Waals surface area contributed by atoms with Crippen molar-refractivity contribution in [1.82, 2.24) is 25.5 Å². The van der Waals surface area contributed by atoms with E-state index in [-0.39, 0.29) is 6.04 Å². The lowest BCUT2D eigenvalue weighted by Crippen LogP contribution is -2.26. The van der Waals surface area contributed by atoms with Crippen LogP contribution in [-0.2, 0) is 19.6 Å². The van der Waals surface area contributed by atoms with E-state index < -0.39 is 0 Å². The quantitative estimate of drug-likeness (QED) is 0.610. The molecule has 1 aromatic heterocycles. The molecule has 0 bridgehead atoms. The van der Waals surface area contributed by atoms with Gasteiger partial charge in [0.05, 0.1) is 6.04 Å². The van der Waals surface area contributed by atoms with Crippen molar-refractivity contribution in [2.45, 2.75) is 52.4 Å². The Morgan fingerprint density at radius 3 is 2.70 bits per heavy atom. The van der Waals surface area contributed by atoms with Gasteiger partial charge in [-0.05, 0) is 40.5 Å². The molecule has 0 amide bonds. The fourth-order valence-electron chi connectivity index (χ4n) is 3.18. The molecular formula is C21H28N6. The third-order valence-electron chi connectivity index (χ3n) is 4.65. The number of tetrazole rings is 1. The maximum atomic E-state index is 5.78. The van der Waals surface area contributed by atoms with Crippen molar-refractivity contribution < 1.29 is 0 Å². The van der Waals surface area contributed by atoms with Crippen molar-refractivity contribution in [1.29, 1.82) is 0 Å². The number of nitrogens with two attached hydrogens (primary N) is 1. The van der Waals surface area contributed by atoms with Crippen LogP contribution in [0.2, 0.25) is 0 Å². The highest BCUT2D eigenvalue weighted by Crippen LogP contribution is 2.22. The van der Waals surface area contributed by atoms with E-state index in [1.165, 1.54) is 11.1 Å². The fourth-order valence-corrected chi connectivity index (χ4v) is 3.18. The van der Waals surface area contributed by atoms with Gasteiger partial charge in [-0.1, -0.05) is 67.4 Å². The second-order valence-corrected chi connectivity index (χ2v) is 6.87. The molecule has 142 valence electrons. The lowest BCUT2D eigenvalue weighted by atomic mass is 10.0. The molecule has 27 heavy (non-hydrogen) atoms. The van der Waals surface area contributed by atoms with Gasteiger partial charge < -0.3 is 5.73 Å². The number of nitrogens with zero attached hydrogens (tertiary/aromatic N) is 4. The lowest BCUT2D eigenvalue weighted by molar-refractivity contribution is 0.488. The summed E-state index contributed by atoms with van der Waals surface area (Å²) < 4.78 is 1.92. The molecule has 6 nitrogen and oxygen atoms in total. The molecule has 0 radical (unpaired) electrons. The number of unbranched alkanes of at least 4 members (excludes halogenated alkanes) is 1. The zero-order valence-electron chi connectivity index (χ0n) is 16.1. The van der Waals surface area contributed by atoms with Crippen LogP contribution in [0.4, 0.5) is 0 Å². The standard InChI is InChI=1S/C21H28N6/c1-3-4-11-27-21(24-25-26-27)20(19-10-5-7-16(2)12-19)23-15-18-9-6-8-17(13-18)14-22/h5-10,12-13,20,23H,3-4,11,14-15,22H2,1-2H3. The number of nitrogens with one attached hydrogen (secondary N) is 1. The largest absolute Gasteiger partial charge is 0.326 e. The van der Waals surface area contributed by atoms with Crippen LogP contribution in [0.15, 0.2) is 48.5 Å². The maximum absolute atomic E-state index is 5.78. The molecule has 1 atom stereocenters. The molecule has 0 spiro atoms. The number of hydrogen-bond acceptors (Lipinski definition) is 5. The molecule has 1 heterocycles. The Labute approximate surface area is 160 Å². The second-order valence-electron chi connectivity index (χ2n) is 6.87. The molecule has 3 N–H and O–H groups in total. The fraction of sp³-hybridized carbons (Fsp3) is 0.381. The monoisotopic (exact) mass is 364 g/mol. The highest BCUT2D eigenvalue weighted by atomic mass is 15.5. The molecule has 3 rings (SSSR count). The Hall–Kier alpha value is -2.57. The number of aromatic nitrogens is 4. The Bertz CT molecular complexity index is 857. The minimum atomic E-state index is -0.0710. The average Bonchev–Trinajstić information content (AvgIpc) is 3.15. The Kier molecular flexibility index (Phi) is 6.68. The summed E-state index contributed by atoms with van der Waals surface area (Å²) in [6.45, 7) is 6.36. The number of benzene rings is 2. The maximum Gasteiger partial charge on any atom is 0.172 e. The summed E-state index contributed by atoms with van der Waals surface area (Å²) in [5.41, 5.74) is 10.5. The van der Waals surface area contributed by atoms with Crippen molar-refractivity contribution in [3.05, 3.63) is 76.6 Å². The molecule has 0 aliphatic carbocycles. The van der Waals surface area contributed by atoms with Crippen LogP contribution in [0.5, 0.6) is 0 Å². The first-order valence-electron chi connectivity index (χ1n) is 9.55. The predicted molar refractivity (Wildman–Crippen MR) is 107 cm³/mol. The Morgan fingerprint density at radius 1 is 1.11 bits per heavy atom. The zero-order chi connectivity index (χ0) is 19.1. The van der Waals surface area contributed by atoms with Crippen LogP contribution >= 0.6 is 0 Å². The van der Waals surface area contributed by atoms with E-state index in [2.05, 4.69) is 71.1 Å². The van der Waals surface area contributed by atoms with E-state index >= 15 is 0 Å². The van der Waals surface area contributed by atoms with Crippen molar-refractivity contribution in [2.75, 3.05) is 0 Å². The summed E-state index contributed by atoms with van der Waals surface area (Å²) in [4.78, 5) is 0. The van der Waals surface area contributed by atoms with Crippen LogP contribution in [-0.4, -0.2) is 20.2 Å². The summed E-state index contributed by atoms with van der Waals surface area (Å²) >= 11 is 0. The van der Waals surface area contributed by atoms with Gasteiger partial charge in [0.25, 0.3) is 0 Å². The van der Waals surface area contributed by atoms with Crippen molar-refractivity contribution in [3.63, 3.8) is 0 Å². The molecular weight excluding hydrogens is 336 g/mol. The highest BCUT2D eigenvalue weighted by Gasteiger charge is 2.21. The van der Waals surface area contributed by atoms with Crippen LogP contribution in [0.1, 0.15) is 53.9 Å². The van der Waals surface area contributed by atoms with Gasteiger partial charge in [-0.3, -0.25) is 5.32 Å². The van der Waals surface area contributed by atoms with Gasteiger partial charge in [0.2, 0.25) is 0 Å². The zero-order valence-corrected chi connectivity index (χ0v) is 16.1. The van der Waals surface area contributed by atoms with Crippen LogP contribution < -0.4 is 11.1 Å². The van der Waals surface area contributed by atoms with E-state index in [1.807, 2.05) is 16.8 Å². The number of hydrogen-bond donors (Lipinski definition) is 2.